The number of benzene rings is 1. The van der Waals surface area contributed by atoms with Gasteiger partial charge in [-0.25, -0.2) is 0 Å². The van der Waals surface area contributed by atoms with E-state index in [1.807, 2.05) is 24.3 Å². The van der Waals surface area contributed by atoms with Crippen LogP contribution in [0.4, 0.5) is 0 Å². The first-order valence-corrected chi connectivity index (χ1v) is 7.61. The molecule has 2 fully saturated rings. The lowest BCUT2D eigenvalue weighted by Gasteiger charge is -2.30. The zero-order valence-corrected chi connectivity index (χ0v) is 12.5. The Balaban J connectivity index is 1.60. The smallest absolute Gasteiger partial charge is 0.136 e. The molecule has 0 saturated heterocycles. The van der Waals surface area contributed by atoms with E-state index in [0.717, 1.165) is 11.3 Å². The first-order chi connectivity index (χ1) is 10.6. The van der Waals surface area contributed by atoms with Gasteiger partial charge in [0.25, 0.3) is 0 Å². The van der Waals surface area contributed by atoms with E-state index in [9.17, 15) is 15.0 Å². The Morgan fingerprint density at radius 1 is 1.36 bits per heavy atom. The molecule has 4 heteroatoms. The van der Waals surface area contributed by atoms with E-state index < -0.39 is 12.2 Å². The van der Waals surface area contributed by atoms with Crippen molar-refractivity contribution >= 4 is 5.78 Å². The van der Waals surface area contributed by atoms with Crippen molar-refractivity contribution in [1.82, 2.24) is 0 Å². The number of fused-ring (bicyclic) bond motifs is 1. The first-order valence-electron chi connectivity index (χ1n) is 7.61. The van der Waals surface area contributed by atoms with E-state index in [4.69, 9.17) is 4.74 Å². The van der Waals surface area contributed by atoms with E-state index in [1.165, 1.54) is 0 Å². The van der Waals surface area contributed by atoms with Crippen LogP contribution in [0, 0.1) is 29.6 Å². The third-order valence-electron chi connectivity index (χ3n) is 4.74. The molecule has 0 aliphatic heterocycles. The number of carbonyl (C=O) groups excluding carboxylic acids is 1. The summed E-state index contributed by atoms with van der Waals surface area (Å²) >= 11 is 0. The van der Waals surface area contributed by atoms with Gasteiger partial charge in [0, 0.05) is 18.8 Å². The summed E-state index contributed by atoms with van der Waals surface area (Å²) in [7, 11) is 1.61. The van der Waals surface area contributed by atoms with Gasteiger partial charge in [-0.1, -0.05) is 24.0 Å². The van der Waals surface area contributed by atoms with Crippen LogP contribution in [0.1, 0.15) is 18.4 Å². The summed E-state index contributed by atoms with van der Waals surface area (Å²) in [5.41, 5.74) is 0.978. The number of hydrogen-bond acceptors (Lipinski definition) is 4. The number of hydrogen-bond donors (Lipinski definition) is 2. The van der Waals surface area contributed by atoms with E-state index in [-0.39, 0.29) is 23.5 Å². The second kappa shape index (κ2) is 6.12. The fraction of sp³-hybridized carbons (Fsp3) is 0.500. The van der Waals surface area contributed by atoms with Crippen LogP contribution in [0.2, 0.25) is 0 Å². The second-order valence-corrected chi connectivity index (χ2v) is 6.13. The summed E-state index contributed by atoms with van der Waals surface area (Å²) in [5.74, 6) is 6.86. The van der Waals surface area contributed by atoms with Gasteiger partial charge in [0.2, 0.25) is 0 Å². The van der Waals surface area contributed by atoms with Gasteiger partial charge in [0.05, 0.1) is 19.1 Å². The van der Waals surface area contributed by atoms with Crippen LogP contribution >= 0.6 is 0 Å². The molecule has 0 heterocycles. The van der Waals surface area contributed by atoms with Crippen LogP contribution in [0.5, 0.6) is 5.75 Å². The maximum absolute atomic E-state index is 11.4. The fourth-order valence-corrected chi connectivity index (χ4v) is 3.41. The number of rotatable bonds is 3. The largest absolute Gasteiger partial charge is 0.497 e. The van der Waals surface area contributed by atoms with Crippen LogP contribution < -0.4 is 4.74 Å². The quantitative estimate of drug-likeness (QED) is 0.823. The number of aliphatic hydroxyl groups is 2. The van der Waals surface area contributed by atoms with Gasteiger partial charge in [-0.2, -0.15) is 0 Å². The Bertz CT molecular complexity index is 610. The van der Waals surface area contributed by atoms with Gasteiger partial charge in [0.15, 0.2) is 0 Å². The van der Waals surface area contributed by atoms with Gasteiger partial charge in [-0.15, -0.1) is 0 Å². The molecule has 4 nitrogen and oxygen atoms in total. The normalized spacial score (nSPS) is 30.8. The van der Waals surface area contributed by atoms with Gasteiger partial charge in [0.1, 0.15) is 17.6 Å². The van der Waals surface area contributed by atoms with Crippen molar-refractivity contribution in [2.24, 2.45) is 17.8 Å². The summed E-state index contributed by atoms with van der Waals surface area (Å²) < 4.78 is 5.09. The van der Waals surface area contributed by atoms with Gasteiger partial charge >= 0.3 is 0 Å². The number of methoxy groups -OCH3 is 1. The molecule has 2 aliphatic carbocycles. The maximum atomic E-state index is 11.4. The molecule has 0 amide bonds. The maximum Gasteiger partial charge on any atom is 0.136 e. The summed E-state index contributed by atoms with van der Waals surface area (Å²) in [5, 5.41) is 20.0. The Labute approximate surface area is 130 Å². The highest BCUT2D eigenvalue weighted by Gasteiger charge is 2.52. The molecule has 3 rings (SSSR count). The third kappa shape index (κ3) is 2.87. The predicted octanol–water partition coefficient (Wildman–Crippen LogP) is 1.19. The number of ether oxygens (including phenoxy) is 1. The molecule has 1 aromatic rings. The van der Waals surface area contributed by atoms with E-state index >= 15 is 0 Å². The lowest BCUT2D eigenvalue weighted by atomic mass is 9.71. The highest BCUT2D eigenvalue weighted by molar-refractivity contribution is 5.88. The molecule has 5 unspecified atom stereocenters. The molecule has 22 heavy (non-hydrogen) atoms. The lowest BCUT2D eigenvalue weighted by molar-refractivity contribution is -0.133. The molecule has 0 aromatic heterocycles. The minimum atomic E-state index is -0.768. The van der Waals surface area contributed by atoms with Gasteiger partial charge in [-0.05, 0) is 30.0 Å². The van der Waals surface area contributed by atoms with E-state index in [0.29, 0.717) is 19.3 Å². The van der Waals surface area contributed by atoms with Crippen molar-refractivity contribution in [1.29, 1.82) is 0 Å². The molecule has 0 spiro atoms. The summed E-state index contributed by atoms with van der Waals surface area (Å²) in [6.07, 6.45) is 0.178. The average Bonchev–Trinajstić information content (AvgIpc) is 2.77. The zero-order chi connectivity index (χ0) is 15.7. The van der Waals surface area contributed by atoms with Crippen molar-refractivity contribution in [2.45, 2.75) is 31.5 Å². The van der Waals surface area contributed by atoms with E-state index in [1.54, 1.807) is 7.11 Å². The number of carbonyl (C=O) groups is 1. The lowest BCUT2D eigenvalue weighted by Crippen LogP contribution is -2.35. The molecule has 2 aliphatic rings. The van der Waals surface area contributed by atoms with Crippen molar-refractivity contribution in [3.63, 3.8) is 0 Å². The SMILES string of the molecule is COc1ccc(CC(O)C#CC2C(O)CC3C(=O)CC32)cc1. The average molecular weight is 300 g/mol. The predicted molar refractivity (Wildman–Crippen MR) is 81.2 cm³/mol. The minimum absolute atomic E-state index is 0.00645. The fourth-order valence-electron chi connectivity index (χ4n) is 3.41. The zero-order valence-electron chi connectivity index (χ0n) is 12.5. The number of ketones is 1. The first kappa shape index (κ1) is 15.1. The molecule has 116 valence electrons. The van der Waals surface area contributed by atoms with Crippen LogP contribution in [0.25, 0.3) is 0 Å². The third-order valence-corrected chi connectivity index (χ3v) is 4.74. The van der Waals surface area contributed by atoms with Crippen molar-refractivity contribution in [2.75, 3.05) is 7.11 Å². The molecule has 0 bridgehead atoms. The molecule has 2 N–H and O–H groups in total. The Morgan fingerprint density at radius 2 is 2.09 bits per heavy atom. The number of Topliss-reactive ketones (excluding diaryl/α,β-unsaturated/α-hetero) is 1. The monoisotopic (exact) mass is 300 g/mol. The summed E-state index contributed by atoms with van der Waals surface area (Å²) in [4.78, 5) is 11.4. The van der Waals surface area contributed by atoms with Crippen molar-refractivity contribution in [3.05, 3.63) is 29.8 Å². The Kier molecular flexibility index (Phi) is 4.19. The molecular weight excluding hydrogens is 280 g/mol. The van der Waals surface area contributed by atoms with Crippen LogP contribution in [0.15, 0.2) is 24.3 Å². The Hall–Kier alpha value is -1.83. The minimum Gasteiger partial charge on any atom is -0.497 e. The van der Waals surface area contributed by atoms with Crippen molar-refractivity contribution < 1.29 is 19.7 Å². The number of aliphatic hydroxyl groups excluding tert-OH is 2. The molecule has 2 saturated carbocycles. The van der Waals surface area contributed by atoms with Gasteiger partial charge in [-0.3, -0.25) is 4.79 Å². The highest BCUT2D eigenvalue weighted by Crippen LogP contribution is 2.47. The van der Waals surface area contributed by atoms with Crippen LogP contribution in [-0.2, 0) is 11.2 Å². The Morgan fingerprint density at radius 3 is 2.68 bits per heavy atom. The van der Waals surface area contributed by atoms with Gasteiger partial charge < -0.3 is 14.9 Å². The van der Waals surface area contributed by atoms with Crippen LogP contribution in [0.3, 0.4) is 0 Å². The molecule has 1 aromatic carbocycles. The standard InChI is InChI=1S/C18H20O4/c1-22-13-5-2-11(3-6-13)8-12(19)4-7-14-15-9-18(21)16(15)10-17(14)20/h2-3,5-6,12,14-17,19-20H,8-10H2,1H3. The molecule has 5 atom stereocenters. The second-order valence-electron chi connectivity index (χ2n) is 6.13. The molecule has 0 radical (unpaired) electrons. The van der Waals surface area contributed by atoms with E-state index in [2.05, 4.69) is 11.8 Å². The van der Waals surface area contributed by atoms with Crippen LogP contribution in [-0.4, -0.2) is 35.3 Å². The topological polar surface area (TPSA) is 66.8 Å². The van der Waals surface area contributed by atoms with Crippen molar-refractivity contribution in [3.8, 4) is 17.6 Å². The molecular formula is C18H20O4. The highest BCUT2D eigenvalue weighted by atomic mass is 16.5. The summed E-state index contributed by atoms with van der Waals surface area (Å²) in [6.45, 7) is 0. The summed E-state index contributed by atoms with van der Waals surface area (Å²) in [6, 6.07) is 7.49.